The molecule has 1 aliphatic rings. The van der Waals surface area contributed by atoms with E-state index in [1.165, 1.54) is 22.1 Å². The molecule has 0 saturated heterocycles. The van der Waals surface area contributed by atoms with Crippen LogP contribution in [-0.2, 0) is 14.3 Å². The van der Waals surface area contributed by atoms with Gasteiger partial charge in [-0.3, -0.25) is 9.59 Å². The van der Waals surface area contributed by atoms with Crippen molar-refractivity contribution in [1.29, 1.82) is 0 Å². The average Bonchev–Trinajstić information content (AvgIpc) is 3.11. The third-order valence-electron chi connectivity index (χ3n) is 5.48. The molecule has 7 heteroatoms. The zero-order valence-electron chi connectivity index (χ0n) is 18.1. The van der Waals surface area contributed by atoms with Crippen LogP contribution in [0.4, 0.5) is 4.79 Å². The third-order valence-corrected chi connectivity index (χ3v) is 5.48. The molecule has 2 aromatic rings. The van der Waals surface area contributed by atoms with Gasteiger partial charge in [-0.2, -0.15) is 0 Å². The van der Waals surface area contributed by atoms with Gasteiger partial charge < -0.3 is 20.1 Å². The molecule has 1 aliphatic carbocycles. The van der Waals surface area contributed by atoms with Gasteiger partial charge in [0, 0.05) is 38.6 Å². The minimum atomic E-state index is -0.835. The van der Waals surface area contributed by atoms with E-state index in [4.69, 9.17) is 9.84 Å². The summed E-state index contributed by atoms with van der Waals surface area (Å²) >= 11 is 0. The van der Waals surface area contributed by atoms with Crippen molar-refractivity contribution in [3.8, 4) is 11.1 Å². The second kappa shape index (κ2) is 11.1. The van der Waals surface area contributed by atoms with Gasteiger partial charge >= 0.3 is 12.1 Å². The van der Waals surface area contributed by atoms with Crippen molar-refractivity contribution in [2.75, 3.05) is 26.7 Å². The Labute approximate surface area is 187 Å². The molecule has 2 aromatic carbocycles. The number of benzene rings is 2. The van der Waals surface area contributed by atoms with Crippen molar-refractivity contribution >= 4 is 18.0 Å². The number of hydrogen-bond acceptors (Lipinski definition) is 4. The lowest BCUT2D eigenvalue weighted by atomic mass is 9.98. The lowest BCUT2D eigenvalue weighted by molar-refractivity contribution is -0.137. The van der Waals surface area contributed by atoms with Crippen LogP contribution in [0.15, 0.2) is 60.7 Å². The Morgan fingerprint density at radius 3 is 2.28 bits per heavy atom. The van der Waals surface area contributed by atoms with Gasteiger partial charge in [0.2, 0.25) is 5.91 Å². The molecule has 0 aromatic heterocycles. The van der Waals surface area contributed by atoms with E-state index >= 15 is 0 Å². The predicted molar refractivity (Wildman–Crippen MR) is 121 cm³/mol. The van der Waals surface area contributed by atoms with Crippen LogP contribution in [-0.4, -0.2) is 54.7 Å². The van der Waals surface area contributed by atoms with E-state index in [1.54, 1.807) is 13.1 Å². The van der Waals surface area contributed by atoms with Gasteiger partial charge in [-0.25, -0.2) is 4.79 Å². The summed E-state index contributed by atoms with van der Waals surface area (Å²) in [5.74, 6) is -1.03. The highest BCUT2D eigenvalue weighted by Gasteiger charge is 2.28. The Morgan fingerprint density at radius 1 is 1.03 bits per heavy atom. The second-order valence-corrected chi connectivity index (χ2v) is 7.72. The van der Waals surface area contributed by atoms with Crippen molar-refractivity contribution in [1.82, 2.24) is 10.2 Å². The molecule has 0 spiro atoms. The smallest absolute Gasteiger partial charge is 0.407 e. The van der Waals surface area contributed by atoms with Crippen LogP contribution in [0.3, 0.4) is 0 Å². The number of nitrogens with one attached hydrogen (secondary N) is 1. The molecular weight excluding hydrogens is 408 g/mol. The zero-order chi connectivity index (χ0) is 22.9. The number of nitrogens with zero attached hydrogens (tertiary/aromatic N) is 1. The van der Waals surface area contributed by atoms with E-state index in [1.807, 2.05) is 24.3 Å². The summed E-state index contributed by atoms with van der Waals surface area (Å²) in [6.45, 7) is 0.896. The Kier molecular flexibility index (Phi) is 8.02. The van der Waals surface area contributed by atoms with Crippen molar-refractivity contribution in [3.05, 3.63) is 71.8 Å². The van der Waals surface area contributed by atoms with Crippen LogP contribution >= 0.6 is 0 Å². The van der Waals surface area contributed by atoms with E-state index in [0.29, 0.717) is 19.4 Å². The van der Waals surface area contributed by atoms with Crippen LogP contribution in [0, 0.1) is 0 Å². The molecule has 32 heavy (non-hydrogen) atoms. The summed E-state index contributed by atoms with van der Waals surface area (Å²) < 4.78 is 5.45. The standard InChI is InChI=1S/C25H28N2O5/c1-27(16-7-6-14-24(29)30)23(28)13-8-15-26-25(31)32-17-22-20-11-4-2-9-18(20)19-10-3-5-12-21(19)22/h2-5,8-13,22H,6-7,14-17H2,1H3,(H,26,31)(H,29,30)/b13-8+. The van der Waals surface area contributed by atoms with Gasteiger partial charge in [-0.05, 0) is 35.1 Å². The number of alkyl carbamates (subject to hydrolysis) is 1. The number of aliphatic carboxylic acids is 1. The van der Waals surface area contributed by atoms with E-state index in [9.17, 15) is 14.4 Å². The number of fused-ring (bicyclic) bond motifs is 3. The minimum Gasteiger partial charge on any atom is -0.481 e. The molecule has 0 atom stereocenters. The van der Waals surface area contributed by atoms with Crippen molar-refractivity contribution in [2.24, 2.45) is 0 Å². The molecule has 0 saturated carbocycles. The van der Waals surface area contributed by atoms with Gasteiger partial charge in [-0.15, -0.1) is 0 Å². The highest BCUT2D eigenvalue weighted by atomic mass is 16.5. The lowest BCUT2D eigenvalue weighted by Crippen LogP contribution is -2.28. The largest absolute Gasteiger partial charge is 0.481 e. The molecule has 0 bridgehead atoms. The van der Waals surface area contributed by atoms with Gasteiger partial charge in [0.15, 0.2) is 0 Å². The number of carbonyl (C=O) groups is 3. The first kappa shape index (κ1) is 23.1. The molecule has 0 unspecified atom stereocenters. The summed E-state index contributed by atoms with van der Waals surface area (Å²) in [4.78, 5) is 36.2. The summed E-state index contributed by atoms with van der Waals surface area (Å²) in [5.41, 5.74) is 4.65. The van der Waals surface area contributed by atoms with E-state index in [-0.39, 0.29) is 31.4 Å². The first-order chi connectivity index (χ1) is 15.5. The van der Waals surface area contributed by atoms with Crippen LogP contribution in [0.2, 0.25) is 0 Å². The molecule has 2 amide bonds. The van der Waals surface area contributed by atoms with Crippen LogP contribution in [0.25, 0.3) is 11.1 Å². The fourth-order valence-corrected chi connectivity index (χ4v) is 3.81. The van der Waals surface area contributed by atoms with Crippen molar-refractivity contribution in [2.45, 2.75) is 25.2 Å². The Balaban J connectivity index is 1.41. The summed E-state index contributed by atoms with van der Waals surface area (Å²) in [6.07, 6.45) is 3.67. The SMILES string of the molecule is CN(CCCCC(=O)O)C(=O)/C=C/CNC(=O)OCC1c2ccccc2-c2ccccc21. The van der Waals surface area contributed by atoms with Crippen molar-refractivity contribution < 1.29 is 24.2 Å². The number of carboxylic acid groups (broad SMARTS) is 1. The molecule has 0 heterocycles. The minimum absolute atomic E-state index is 0.0000430. The number of likely N-dealkylation sites (N-methyl/N-ethyl adjacent to an activating group) is 1. The summed E-state index contributed by atoms with van der Waals surface area (Å²) in [7, 11) is 1.66. The number of unbranched alkanes of at least 4 members (excludes halogenated alkanes) is 1. The van der Waals surface area contributed by atoms with Crippen LogP contribution in [0.1, 0.15) is 36.3 Å². The van der Waals surface area contributed by atoms with Crippen LogP contribution in [0.5, 0.6) is 0 Å². The van der Waals surface area contributed by atoms with E-state index in [2.05, 4.69) is 29.6 Å². The van der Waals surface area contributed by atoms with E-state index in [0.717, 1.165) is 11.1 Å². The number of hydrogen-bond donors (Lipinski definition) is 2. The Bertz CT molecular complexity index is 956. The molecular formula is C25H28N2O5. The molecule has 3 rings (SSSR count). The van der Waals surface area contributed by atoms with E-state index < -0.39 is 12.1 Å². The lowest BCUT2D eigenvalue weighted by Gasteiger charge is -2.15. The summed E-state index contributed by atoms with van der Waals surface area (Å²) in [5, 5.41) is 11.3. The van der Waals surface area contributed by atoms with Crippen LogP contribution < -0.4 is 5.32 Å². The van der Waals surface area contributed by atoms with Gasteiger partial charge in [0.1, 0.15) is 6.61 Å². The normalized spacial score (nSPS) is 12.3. The molecule has 0 radical (unpaired) electrons. The molecule has 7 nitrogen and oxygen atoms in total. The Hall–Kier alpha value is -3.61. The topological polar surface area (TPSA) is 95.9 Å². The quantitative estimate of drug-likeness (QED) is 0.436. The molecule has 168 valence electrons. The maximum Gasteiger partial charge on any atom is 0.407 e. The van der Waals surface area contributed by atoms with Gasteiger partial charge in [0.05, 0.1) is 0 Å². The monoisotopic (exact) mass is 436 g/mol. The van der Waals surface area contributed by atoms with Gasteiger partial charge in [0.25, 0.3) is 0 Å². The fourth-order valence-electron chi connectivity index (χ4n) is 3.81. The highest BCUT2D eigenvalue weighted by Crippen LogP contribution is 2.44. The number of carboxylic acids is 1. The number of carbonyl (C=O) groups excluding carboxylic acids is 2. The maximum absolute atomic E-state index is 12.1. The fraction of sp³-hybridized carbons (Fsp3) is 0.320. The van der Waals surface area contributed by atoms with Gasteiger partial charge in [-0.1, -0.05) is 54.6 Å². The highest BCUT2D eigenvalue weighted by molar-refractivity contribution is 5.87. The molecule has 0 fully saturated rings. The molecule has 0 aliphatic heterocycles. The first-order valence-electron chi connectivity index (χ1n) is 10.7. The Morgan fingerprint density at radius 2 is 1.66 bits per heavy atom. The maximum atomic E-state index is 12.1. The number of amides is 2. The number of ether oxygens (including phenoxy) is 1. The predicted octanol–water partition coefficient (Wildman–Crippen LogP) is 3.79. The number of rotatable bonds is 10. The third kappa shape index (κ3) is 5.97. The zero-order valence-corrected chi connectivity index (χ0v) is 18.1. The molecule has 2 N–H and O–H groups in total. The van der Waals surface area contributed by atoms with Crippen molar-refractivity contribution in [3.63, 3.8) is 0 Å². The summed E-state index contributed by atoms with van der Waals surface area (Å²) in [6, 6.07) is 16.3. The first-order valence-corrected chi connectivity index (χ1v) is 10.7. The average molecular weight is 437 g/mol. The second-order valence-electron chi connectivity index (χ2n) is 7.72.